The molecular formula is C17H18ClN3O2. The van der Waals surface area contributed by atoms with Crippen LogP contribution in [0.3, 0.4) is 0 Å². The number of halogens is 1. The van der Waals surface area contributed by atoms with E-state index in [1.807, 2.05) is 41.3 Å². The van der Waals surface area contributed by atoms with Crippen LogP contribution in [0.4, 0.5) is 5.69 Å². The minimum Gasteiger partial charge on any atom is -0.496 e. The molecule has 0 atom stereocenters. The SMILES string of the molecule is COc1cccc(OC)c1CN1Cc2cc(Cl)ccc2N=C1N. The van der Waals surface area contributed by atoms with Gasteiger partial charge in [-0.15, -0.1) is 0 Å². The predicted octanol–water partition coefficient (Wildman–Crippen LogP) is 3.32. The van der Waals surface area contributed by atoms with E-state index in [2.05, 4.69) is 4.99 Å². The Labute approximate surface area is 140 Å². The van der Waals surface area contributed by atoms with Gasteiger partial charge in [0.05, 0.1) is 32.0 Å². The van der Waals surface area contributed by atoms with Crippen LogP contribution in [-0.2, 0) is 13.1 Å². The summed E-state index contributed by atoms with van der Waals surface area (Å²) in [4.78, 5) is 6.43. The van der Waals surface area contributed by atoms with Gasteiger partial charge < -0.3 is 20.1 Å². The molecule has 0 amide bonds. The number of rotatable bonds is 4. The number of nitrogens with two attached hydrogens (primary N) is 1. The maximum atomic E-state index is 6.12. The molecule has 0 aromatic heterocycles. The zero-order valence-electron chi connectivity index (χ0n) is 13.0. The van der Waals surface area contributed by atoms with Crippen molar-refractivity contribution >= 4 is 23.2 Å². The lowest BCUT2D eigenvalue weighted by Gasteiger charge is -2.29. The van der Waals surface area contributed by atoms with E-state index in [1.54, 1.807) is 14.2 Å². The smallest absolute Gasteiger partial charge is 0.197 e. The third kappa shape index (κ3) is 3.05. The summed E-state index contributed by atoms with van der Waals surface area (Å²) in [6.45, 7) is 1.17. The standard InChI is InChI=1S/C17H18ClN3O2/c1-22-15-4-3-5-16(23-2)13(15)10-21-9-11-8-12(18)6-7-14(11)20-17(21)19/h3-8H,9-10H2,1-2H3,(H2,19,20). The van der Waals surface area contributed by atoms with Crippen LogP contribution in [0.2, 0.25) is 5.02 Å². The van der Waals surface area contributed by atoms with E-state index < -0.39 is 0 Å². The summed E-state index contributed by atoms with van der Waals surface area (Å²) >= 11 is 6.08. The van der Waals surface area contributed by atoms with Crippen LogP contribution >= 0.6 is 11.6 Å². The van der Waals surface area contributed by atoms with E-state index in [4.69, 9.17) is 26.8 Å². The Morgan fingerprint density at radius 2 is 1.87 bits per heavy atom. The van der Waals surface area contributed by atoms with Crippen molar-refractivity contribution in [1.82, 2.24) is 4.90 Å². The Morgan fingerprint density at radius 3 is 2.52 bits per heavy atom. The number of ether oxygens (including phenoxy) is 2. The third-order valence-electron chi connectivity index (χ3n) is 3.84. The first-order valence-corrected chi connectivity index (χ1v) is 7.57. The van der Waals surface area contributed by atoms with Crippen LogP contribution in [-0.4, -0.2) is 25.1 Å². The first kappa shape index (κ1) is 15.5. The minimum atomic E-state index is 0.466. The fraction of sp³-hybridized carbons (Fsp3) is 0.235. The maximum absolute atomic E-state index is 6.12. The molecule has 1 aliphatic rings. The molecule has 0 bridgehead atoms. The number of fused-ring (bicyclic) bond motifs is 1. The van der Waals surface area contributed by atoms with Gasteiger partial charge in [0.25, 0.3) is 0 Å². The molecule has 23 heavy (non-hydrogen) atoms. The molecule has 5 nitrogen and oxygen atoms in total. The second-order valence-electron chi connectivity index (χ2n) is 5.24. The van der Waals surface area contributed by atoms with Crippen LogP contribution in [0.15, 0.2) is 41.4 Å². The summed E-state index contributed by atoms with van der Waals surface area (Å²) in [5.41, 5.74) is 8.95. The van der Waals surface area contributed by atoms with Crippen molar-refractivity contribution in [2.24, 2.45) is 10.7 Å². The van der Waals surface area contributed by atoms with Crippen LogP contribution in [0, 0.1) is 0 Å². The van der Waals surface area contributed by atoms with Crippen molar-refractivity contribution in [1.29, 1.82) is 0 Å². The van der Waals surface area contributed by atoms with Crippen molar-refractivity contribution in [2.45, 2.75) is 13.1 Å². The fourth-order valence-electron chi connectivity index (χ4n) is 2.68. The van der Waals surface area contributed by atoms with Crippen molar-refractivity contribution in [3.63, 3.8) is 0 Å². The van der Waals surface area contributed by atoms with E-state index >= 15 is 0 Å². The highest BCUT2D eigenvalue weighted by molar-refractivity contribution is 6.30. The van der Waals surface area contributed by atoms with Gasteiger partial charge >= 0.3 is 0 Å². The Kier molecular flexibility index (Phi) is 4.30. The maximum Gasteiger partial charge on any atom is 0.197 e. The van der Waals surface area contributed by atoms with E-state index in [0.29, 0.717) is 24.1 Å². The number of hydrogen-bond donors (Lipinski definition) is 1. The second-order valence-corrected chi connectivity index (χ2v) is 5.68. The Balaban J connectivity index is 1.93. The molecule has 120 valence electrons. The van der Waals surface area contributed by atoms with Gasteiger partial charge in [0.2, 0.25) is 0 Å². The number of guanidine groups is 1. The number of nitrogens with zero attached hydrogens (tertiary/aromatic N) is 2. The summed E-state index contributed by atoms with van der Waals surface area (Å²) in [6.07, 6.45) is 0. The van der Waals surface area contributed by atoms with Gasteiger partial charge in [-0.1, -0.05) is 17.7 Å². The average molecular weight is 332 g/mol. The lowest BCUT2D eigenvalue weighted by molar-refractivity contribution is 0.348. The van der Waals surface area contributed by atoms with Gasteiger partial charge in [0, 0.05) is 11.6 Å². The molecule has 3 rings (SSSR count). The lowest BCUT2D eigenvalue weighted by Crippen LogP contribution is -2.38. The molecule has 0 unspecified atom stereocenters. The quantitative estimate of drug-likeness (QED) is 0.933. The third-order valence-corrected chi connectivity index (χ3v) is 4.08. The lowest BCUT2D eigenvalue weighted by atomic mass is 10.1. The number of hydrogen-bond acceptors (Lipinski definition) is 5. The topological polar surface area (TPSA) is 60.1 Å². The number of benzene rings is 2. The molecule has 0 radical (unpaired) electrons. The highest BCUT2D eigenvalue weighted by Crippen LogP contribution is 2.33. The highest BCUT2D eigenvalue weighted by atomic mass is 35.5. The van der Waals surface area contributed by atoms with Gasteiger partial charge in [-0.25, -0.2) is 4.99 Å². The molecule has 0 fully saturated rings. The monoisotopic (exact) mass is 331 g/mol. The molecule has 1 heterocycles. The molecule has 2 aromatic carbocycles. The van der Waals surface area contributed by atoms with E-state index in [-0.39, 0.29) is 0 Å². The summed E-state index contributed by atoms with van der Waals surface area (Å²) in [6, 6.07) is 11.3. The summed E-state index contributed by atoms with van der Waals surface area (Å²) in [5, 5.41) is 0.689. The molecule has 6 heteroatoms. The molecule has 2 aromatic rings. The molecule has 0 aliphatic carbocycles. The predicted molar refractivity (Wildman–Crippen MR) is 91.5 cm³/mol. The van der Waals surface area contributed by atoms with Crippen LogP contribution in [0.25, 0.3) is 0 Å². The van der Waals surface area contributed by atoms with Crippen LogP contribution < -0.4 is 15.2 Å². The van der Waals surface area contributed by atoms with Gasteiger partial charge in [-0.05, 0) is 35.9 Å². The van der Waals surface area contributed by atoms with Crippen molar-refractivity contribution < 1.29 is 9.47 Å². The largest absolute Gasteiger partial charge is 0.496 e. The molecule has 0 saturated carbocycles. The van der Waals surface area contributed by atoms with E-state index in [9.17, 15) is 0 Å². The van der Waals surface area contributed by atoms with Crippen LogP contribution in [0.1, 0.15) is 11.1 Å². The molecule has 2 N–H and O–H groups in total. The van der Waals surface area contributed by atoms with Gasteiger partial charge in [-0.2, -0.15) is 0 Å². The summed E-state index contributed by atoms with van der Waals surface area (Å²) in [7, 11) is 3.28. The Hall–Kier alpha value is -2.40. The zero-order valence-corrected chi connectivity index (χ0v) is 13.8. The van der Waals surface area contributed by atoms with Gasteiger partial charge in [-0.3, -0.25) is 0 Å². The van der Waals surface area contributed by atoms with Crippen molar-refractivity contribution in [3.8, 4) is 11.5 Å². The average Bonchev–Trinajstić information content (AvgIpc) is 2.56. The minimum absolute atomic E-state index is 0.466. The van der Waals surface area contributed by atoms with Crippen LogP contribution in [0.5, 0.6) is 11.5 Å². The first-order chi connectivity index (χ1) is 11.1. The van der Waals surface area contributed by atoms with Gasteiger partial charge in [0.15, 0.2) is 5.96 Å². The molecule has 0 spiro atoms. The normalized spacial score (nSPS) is 13.3. The molecule has 1 aliphatic heterocycles. The highest BCUT2D eigenvalue weighted by Gasteiger charge is 2.21. The van der Waals surface area contributed by atoms with Crippen molar-refractivity contribution in [2.75, 3.05) is 14.2 Å². The summed E-state index contributed by atoms with van der Waals surface area (Å²) < 4.78 is 10.9. The van der Waals surface area contributed by atoms with E-state index in [1.165, 1.54) is 0 Å². The molecular weight excluding hydrogens is 314 g/mol. The fourth-order valence-corrected chi connectivity index (χ4v) is 2.88. The Morgan fingerprint density at radius 1 is 1.17 bits per heavy atom. The first-order valence-electron chi connectivity index (χ1n) is 7.19. The van der Waals surface area contributed by atoms with E-state index in [0.717, 1.165) is 28.3 Å². The van der Waals surface area contributed by atoms with Gasteiger partial charge in [0.1, 0.15) is 11.5 Å². The number of methoxy groups -OCH3 is 2. The van der Waals surface area contributed by atoms with Crippen molar-refractivity contribution in [3.05, 3.63) is 52.5 Å². The molecule has 0 saturated heterocycles. The Bertz CT molecular complexity index is 739. The summed E-state index contributed by atoms with van der Waals surface area (Å²) in [5.74, 6) is 1.98. The second kappa shape index (κ2) is 6.38. The zero-order chi connectivity index (χ0) is 16.4. The number of aliphatic imine (C=N–C) groups is 1.